The van der Waals surface area contributed by atoms with Crippen molar-refractivity contribution >= 4 is 39.8 Å². The van der Waals surface area contributed by atoms with Crippen LogP contribution < -0.4 is 5.32 Å². The number of nitrogens with zero attached hydrogens (tertiary/aromatic N) is 3. The zero-order valence-electron chi connectivity index (χ0n) is 13.2. The average molecular weight is 354 g/mol. The highest BCUT2D eigenvalue weighted by atomic mass is 32.2. The highest BCUT2D eigenvalue weighted by molar-refractivity contribution is 8.02. The summed E-state index contributed by atoms with van der Waals surface area (Å²) in [6.07, 6.45) is 0. The second-order valence-electron chi connectivity index (χ2n) is 4.78. The Balaban J connectivity index is 1.98. The molecule has 0 aliphatic rings. The molecule has 8 heteroatoms. The van der Waals surface area contributed by atoms with Gasteiger partial charge in [-0.3, -0.25) is 4.79 Å². The summed E-state index contributed by atoms with van der Waals surface area (Å²) in [5.41, 5.74) is 0.616. The number of carbonyl (C=O) groups excluding carboxylic acids is 1. The normalized spacial score (nSPS) is 12.0. The zero-order chi connectivity index (χ0) is 16.8. The van der Waals surface area contributed by atoms with Crippen molar-refractivity contribution in [3.8, 4) is 0 Å². The number of nitrogens with one attached hydrogen (secondary N) is 1. The van der Waals surface area contributed by atoms with Crippen molar-refractivity contribution in [2.75, 3.05) is 18.4 Å². The largest absolute Gasteiger partial charge is 0.342 e. The Morgan fingerprint density at radius 1 is 1.39 bits per heavy atom. The predicted octanol–water partition coefficient (Wildman–Crippen LogP) is 3.77. The van der Waals surface area contributed by atoms with Gasteiger partial charge >= 0.3 is 0 Å². The first-order valence-electron chi connectivity index (χ1n) is 7.35. The van der Waals surface area contributed by atoms with Gasteiger partial charge in [0.05, 0.1) is 5.25 Å². The summed E-state index contributed by atoms with van der Waals surface area (Å²) in [5.74, 6) is -0.220. The van der Waals surface area contributed by atoms with Gasteiger partial charge in [0.2, 0.25) is 11.0 Å². The van der Waals surface area contributed by atoms with Gasteiger partial charge in [0, 0.05) is 18.8 Å². The minimum absolute atomic E-state index is 0.0924. The maximum absolute atomic E-state index is 13.2. The molecule has 1 unspecified atom stereocenters. The number of carbonyl (C=O) groups is 1. The maximum Gasteiger partial charge on any atom is 0.235 e. The number of thioether (sulfide) groups is 1. The number of hydrogen-bond acceptors (Lipinski definition) is 6. The lowest BCUT2D eigenvalue weighted by Gasteiger charge is -2.21. The smallest absolute Gasteiger partial charge is 0.235 e. The van der Waals surface area contributed by atoms with Crippen molar-refractivity contribution in [3.63, 3.8) is 0 Å². The van der Waals surface area contributed by atoms with Crippen molar-refractivity contribution in [2.24, 2.45) is 0 Å². The van der Waals surface area contributed by atoms with Crippen LogP contribution in [0.5, 0.6) is 0 Å². The van der Waals surface area contributed by atoms with Gasteiger partial charge in [-0.2, -0.15) is 0 Å². The predicted molar refractivity (Wildman–Crippen MR) is 92.8 cm³/mol. The Bertz CT molecular complexity index is 660. The molecule has 0 aliphatic heterocycles. The fourth-order valence-electron chi connectivity index (χ4n) is 1.99. The molecule has 1 N–H and O–H groups in total. The molecule has 0 bridgehead atoms. The van der Waals surface area contributed by atoms with E-state index in [1.54, 1.807) is 17.0 Å². The quantitative estimate of drug-likeness (QED) is 0.767. The van der Waals surface area contributed by atoms with E-state index in [2.05, 4.69) is 15.5 Å². The van der Waals surface area contributed by atoms with E-state index in [0.717, 1.165) is 0 Å². The van der Waals surface area contributed by atoms with Gasteiger partial charge in [0.15, 0.2) is 4.34 Å². The topological polar surface area (TPSA) is 58.1 Å². The molecule has 0 saturated heterocycles. The number of rotatable bonds is 7. The van der Waals surface area contributed by atoms with Crippen LogP contribution in [0.3, 0.4) is 0 Å². The summed E-state index contributed by atoms with van der Waals surface area (Å²) in [6, 6.07) is 6.15. The minimum atomic E-state index is -0.312. The number of aromatic nitrogens is 2. The van der Waals surface area contributed by atoms with Crippen molar-refractivity contribution in [1.82, 2.24) is 15.1 Å². The van der Waals surface area contributed by atoms with Gasteiger partial charge in [0.1, 0.15) is 5.82 Å². The average Bonchev–Trinajstić information content (AvgIpc) is 2.95. The second kappa shape index (κ2) is 8.26. The SMILES string of the molecule is CCN(CC)C(=O)C(C)Sc1nnc(Nc2cccc(F)c2)s1. The van der Waals surface area contributed by atoms with Crippen molar-refractivity contribution in [3.05, 3.63) is 30.1 Å². The van der Waals surface area contributed by atoms with Crippen molar-refractivity contribution in [2.45, 2.75) is 30.4 Å². The Labute approximate surface area is 143 Å². The van der Waals surface area contributed by atoms with Crippen LogP contribution in [0.15, 0.2) is 28.6 Å². The zero-order valence-corrected chi connectivity index (χ0v) is 14.9. The van der Waals surface area contributed by atoms with E-state index in [4.69, 9.17) is 0 Å². The van der Waals surface area contributed by atoms with E-state index >= 15 is 0 Å². The number of amides is 1. The Morgan fingerprint density at radius 3 is 2.78 bits per heavy atom. The van der Waals surface area contributed by atoms with Crippen LogP contribution >= 0.6 is 23.1 Å². The molecular weight excluding hydrogens is 335 g/mol. The number of anilines is 2. The van der Waals surface area contributed by atoms with Crippen molar-refractivity contribution in [1.29, 1.82) is 0 Å². The van der Waals surface area contributed by atoms with Crippen LogP contribution in [0, 0.1) is 5.82 Å². The van der Waals surface area contributed by atoms with Gasteiger partial charge < -0.3 is 10.2 Å². The fourth-order valence-corrected chi connectivity index (χ4v) is 3.99. The molecule has 23 heavy (non-hydrogen) atoms. The Morgan fingerprint density at radius 2 is 2.13 bits per heavy atom. The molecule has 0 spiro atoms. The van der Waals surface area contributed by atoms with Crippen LogP contribution in [-0.4, -0.2) is 39.3 Å². The summed E-state index contributed by atoms with van der Waals surface area (Å²) in [4.78, 5) is 14.0. The lowest BCUT2D eigenvalue weighted by atomic mass is 10.3. The summed E-state index contributed by atoms with van der Waals surface area (Å²) >= 11 is 2.73. The van der Waals surface area contributed by atoms with Crippen molar-refractivity contribution < 1.29 is 9.18 Å². The van der Waals surface area contributed by atoms with Gasteiger partial charge in [-0.1, -0.05) is 29.2 Å². The summed E-state index contributed by atoms with van der Waals surface area (Å²) in [6.45, 7) is 7.19. The van der Waals surface area contributed by atoms with Gasteiger partial charge in [0.25, 0.3) is 0 Å². The standard InChI is InChI=1S/C15H19FN4OS2/c1-4-20(5-2)13(21)10(3)22-15-19-18-14(23-15)17-12-8-6-7-11(16)9-12/h6-10H,4-5H2,1-3H3,(H,17,18). The minimum Gasteiger partial charge on any atom is -0.342 e. The van der Waals surface area contributed by atoms with E-state index in [0.29, 0.717) is 28.2 Å². The molecule has 1 aromatic carbocycles. The third-order valence-corrected chi connectivity index (χ3v) is 5.19. The van der Waals surface area contributed by atoms with E-state index in [9.17, 15) is 9.18 Å². The molecule has 5 nitrogen and oxygen atoms in total. The van der Waals surface area contributed by atoms with Crippen LogP contribution in [0.25, 0.3) is 0 Å². The summed E-state index contributed by atoms with van der Waals surface area (Å²) in [5, 5.41) is 11.5. The molecule has 124 valence electrons. The lowest BCUT2D eigenvalue weighted by molar-refractivity contribution is -0.129. The summed E-state index contributed by atoms with van der Waals surface area (Å²) < 4.78 is 13.9. The molecule has 1 aromatic heterocycles. The van der Waals surface area contributed by atoms with E-state index in [1.807, 2.05) is 20.8 Å². The molecule has 1 atom stereocenters. The third-order valence-electron chi connectivity index (χ3n) is 3.18. The molecule has 2 rings (SSSR count). The third kappa shape index (κ3) is 4.90. The first-order chi connectivity index (χ1) is 11.0. The van der Waals surface area contributed by atoms with E-state index < -0.39 is 0 Å². The van der Waals surface area contributed by atoms with E-state index in [-0.39, 0.29) is 17.0 Å². The number of benzene rings is 1. The molecule has 1 amide bonds. The van der Waals surface area contributed by atoms with Gasteiger partial charge in [-0.05, 0) is 39.0 Å². The molecule has 0 fully saturated rings. The fraction of sp³-hybridized carbons (Fsp3) is 0.400. The van der Waals surface area contributed by atoms with Gasteiger partial charge in [-0.15, -0.1) is 10.2 Å². The van der Waals surface area contributed by atoms with Crippen LogP contribution in [-0.2, 0) is 4.79 Å². The molecule has 0 radical (unpaired) electrons. The van der Waals surface area contributed by atoms with Crippen LogP contribution in [0.1, 0.15) is 20.8 Å². The molecule has 1 heterocycles. The molecule has 0 saturated carbocycles. The van der Waals surface area contributed by atoms with Crippen LogP contribution in [0.4, 0.5) is 15.2 Å². The highest BCUT2D eigenvalue weighted by Gasteiger charge is 2.21. The molecule has 0 aliphatic carbocycles. The van der Waals surface area contributed by atoms with E-state index in [1.165, 1.54) is 35.2 Å². The second-order valence-corrected chi connectivity index (χ2v) is 7.34. The first-order valence-corrected chi connectivity index (χ1v) is 9.04. The summed E-state index contributed by atoms with van der Waals surface area (Å²) in [7, 11) is 0. The molecule has 2 aromatic rings. The number of hydrogen-bond donors (Lipinski definition) is 1. The Hall–Kier alpha value is -1.67. The first kappa shape index (κ1) is 17.7. The lowest BCUT2D eigenvalue weighted by Crippen LogP contribution is -2.36. The van der Waals surface area contributed by atoms with Crippen LogP contribution in [0.2, 0.25) is 0 Å². The Kier molecular flexibility index (Phi) is 6.35. The maximum atomic E-state index is 13.2. The highest BCUT2D eigenvalue weighted by Crippen LogP contribution is 2.31. The monoisotopic (exact) mass is 354 g/mol. The van der Waals surface area contributed by atoms with Gasteiger partial charge in [-0.25, -0.2) is 4.39 Å². The molecular formula is C15H19FN4OS2. The number of halogens is 1.